The number of piperazine rings is 3. The highest BCUT2D eigenvalue weighted by Gasteiger charge is 2.22. The topological polar surface area (TPSA) is 244 Å². The van der Waals surface area contributed by atoms with Crippen molar-refractivity contribution in [1.29, 1.82) is 5.26 Å². The number of amides is 3. The van der Waals surface area contributed by atoms with E-state index in [0.29, 0.717) is 23.4 Å². The predicted molar refractivity (Wildman–Crippen MR) is 486 cm³/mol. The third-order valence-electron chi connectivity index (χ3n) is 20.5. The first kappa shape index (κ1) is 80.8. The Morgan fingerprint density at radius 2 is 0.672 bits per heavy atom. The Bertz CT molecular complexity index is 5680. The molecule has 3 aliphatic rings. The number of benzene rings is 8. The smallest absolute Gasteiger partial charge is 0.227 e. The van der Waals surface area contributed by atoms with E-state index in [1.165, 1.54) is 74.0 Å². The van der Waals surface area contributed by atoms with Crippen LogP contribution >= 0.6 is 34.0 Å². The van der Waals surface area contributed by atoms with Crippen LogP contribution in [0.4, 0.5) is 69.0 Å². The first-order valence-corrected chi connectivity index (χ1v) is 42.2. The molecule has 22 nitrogen and oxygen atoms in total. The number of carbonyl (C=O) groups excluding carboxylic acids is 3. The van der Waals surface area contributed by atoms with Crippen molar-refractivity contribution in [2.45, 2.75) is 40.4 Å². The van der Waals surface area contributed by atoms with Gasteiger partial charge in [0.15, 0.2) is 0 Å². The molecule has 6 N–H and O–H groups in total. The molecule has 3 amide bonds. The summed E-state index contributed by atoms with van der Waals surface area (Å²) in [5.41, 5.74) is 18.6. The van der Waals surface area contributed by atoms with Gasteiger partial charge in [0.25, 0.3) is 0 Å². The third kappa shape index (κ3) is 22.9. The highest BCUT2D eigenvalue weighted by Crippen LogP contribution is 2.35. The maximum atomic E-state index is 11.3. The maximum absolute atomic E-state index is 11.3. The van der Waals surface area contributed by atoms with Crippen molar-refractivity contribution in [3.63, 3.8) is 0 Å². The molecule has 0 unspecified atom stereocenters. The fourth-order valence-electron chi connectivity index (χ4n) is 14.3. The zero-order valence-electron chi connectivity index (χ0n) is 66.4. The number of thiophene rings is 3. The molecule has 3 fully saturated rings. The van der Waals surface area contributed by atoms with Crippen molar-refractivity contribution >= 4 is 121 Å². The van der Waals surface area contributed by atoms with Gasteiger partial charge in [-0.25, -0.2) is 29.9 Å². The second-order valence-electron chi connectivity index (χ2n) is 29.1. The second kappa shape index (κ2) is 39.5. The number of carbonyl (C=O) groups is 3. The molecular formula is C94H91N19O3S3. The molecular weight excluding hydrogens is 1540 g/mol. The lowest BCUT2D eigenvalue weighted by molar-refractivity contribution is -0.115. The molecule has 9 heterocycles. The van der Waals surface area contributed by atoms with Crippen LogP contribution in [0.15, 0.2) is 278 Å². The number of nitrogens with one attached hydrogen (secondary N) is 6. The average molecular weight is 1630 g/mol. The van der Waals surface area contributed by atoms with E-state index in [1.807, 2.05) is 127 Å². The van der Waals surface area contributed by atoms with Gasteiger partial charge in [0, 0.05) is 225 Å². The van der Waals surface area contributed by atoms with E-state index in [-0.39, 0.29) is 17.7 Å². The van der Waals surface area contributed by atoms with Gasteiger partial charge in [-0.3, -0.25) is 29.1 Å². The van der Waals surface area contributed by atoms with E-state index in [1.54, 1.807) is 41.3 Å². The Hall–Kier alpha value is -13.3. The van der Waals surface area contributed by atoms with E-state index < -0.39 is 0 Å². The molecule has 6 aromatic heterocycles. The van der Waals surface area contributed by atoms with Crippen LogP contribution in [-0.2, 0) is 34.0 Å². The molecule has 119 heavy (non-hydrogen) atoms. The molecule has 25 heteroatoms. The van der Waals surface area contributed by atoms with Gasteiger partial charge < -0.3 is 46.6 Å². The van der Waals surface area contributed by atoms with Crippen LogP contribution in [0, 0.1) is 11.3 Å². The zero-order chi connectivity index (χ0) is 81.7. The predicted octanol–water partition coefficient (Wildman–Crippen LogP) is 18.9. The average Bonchev–Trinajstić information content (AvgIpc) is 1.47. The number of anilines is 12. The molecule has 0 radical (unpaired) electrons. The van der Waals surface area contributed by atoms with Crippen molar-refractivity contribution < 1.29 is 14.4 Å². The Labute approximate surface area is 705 Å². The van der Waals surface area contributed by atoms with Gasteiger partial charge in [-0.2, -0.15) is 5.26 Å². The van der Waals surface area contributed by atoms with Crippen molar-refractivity contribution in [1.82, 2.24) is 44.6 Å². The summed E-state index contributed by atoms with van der Waals surface area (Å²) in [6, 6.07) is 85.9. The minimum atomic E-state index is -0.0979. The van der Waals surface area contributed by atoms with Gasteiger partial charge in [-0.15, -0.1) is 34.0 Å². The Morgan fingerprint density at radius 3 is 1.01 bits per heavy atom. The molecule has 0 spiro atoms. The molecule has 0 saturated carbocycles. The molecule has 3 saturated heterocycles. The van der Waals surface area contributed by atoms with E-state index in [4.69, 9.17) is 5.26 Å². The van der Waals surface area contributed by atoms with Gasteiger partial charge in [-0.05, 0) is 191 Å². The van der Waals surface area contributed by atoms with Crippen LogP contribution in [0.1, 0.15) is 42.3 Å². The Balaban J connectivity index is 0.000000139. The summed E-state index contributed by atoms with van der Waals surface area (Å²) in [5.74, 6) is 1.33. The molecule has 0 atom stereocenters. The molecule has 0 bridgehead atoms. The van der Waals surface area contributed by atoms with E-state index in [0.717, 1.165) is 166 Å². The first-order valence-electron chi connectivity index (χ1n) is 39.6. The number of nitrogens with zero attached hydrogens (tertiary/aromatic N) is 13. The standard InChI is InChI=1S/C33H32N6OS.C31H30N6OS2.C30H29N7O/c1-24(40)35-28-10-8-26(9-11-28)31-16-17-34-33(37-31)36-29-12-14-30(15-13-29)39-20-18-38(19-21-39)23-25-4-6-27(7-5-25)32-3-2-22-41-32;1-22(38)33-24-6-4-23(5-7-24)28-14-15-32-31(35-28)34-25-8-10-26(11-9-25)37-18-16-36(17-19-37)21-27-12-13-30(40-27)29-3-2-20-39-29;1-22(38)33-26-8-6-25(7-9-26)29-14-15-32-30(35-29)34-27-10-12-28(13-11-27)37-18-16-36(17-19-37)21-24-4-2-23(20-31)3-5-24/h2-17,22H,18-21,23H2,1H3,(H,35,40)(H,34,36,37);2-15,20H,16-19,21H2,1H3,(H,33,38)(H,32,34,35);2-15H,16-19,21H2,1H3,(H,33,38)(H,32,34,35). The molecule has 17 rings (SSSR count). The molecule has 3 aliphatic heterocycles. The number of rotatable bonds is 23. The van der Waals surface area contributed by atoms with Crippen LogP contribution in [0.2, 0.25) is 0 Å². The number of nitriles is 1. The summed E-state index contributed by atoms with van der Waals surface area (Å²) in [6.07, 6.45) is 5.23. The fourth-order valence-corrected chi connectivity index (χ4v) is 16.9. The Morgan fingerprint density at radius 1 is 0.345 bits per heavy atom. The summed E-state index contributed by atoms with van der Waals surface area (Å²) in [4.78, 5) is 81.2. The molecule has 0 aliphatic carbocycles. The summed E-state index contributed by atoms with van der Waals surface area (Å²) in [5, 5.41) is 31.5. The van der Waals surface area contributed by atoms with Crippen molar-refractivity contribution in [2.75, 3.05) is 125 Å². The fraction of sp³-hybridized carbons (Fsp3) is 0.191. The molecule has 8 aromatic carbocycles. The monoisotopic (exact) mass is 1630 g/mol. The van der Waals surface area contributed by atoms with Crippen LogP contribution in [0.3, 0.4) is 0 Å². The normalized spacial score (nSPS) is 13.6. The lowest BCUT2D eigenvalue weighted by atomic mass is 10.1. The number of hydrogen-bond acceptors (Lipinski definition) is 22. The van der Waals surface area contributed by atoms with E-state index in [2.05, 4.69) is 241 Å². The van der Waals surface area contributed by atoms with Crippen LogP contribution in [0.25, 0.3) is 54.0 Å². The van der Waals surface area contributed by atoms with Crippen molar-refractivity contribution in [2.24, 2.45) is 0 Å². The van der Waals surface area contributed by atoms with Gasteiger partial charge in [-0.1, -0.05) is 84.9 Å². The minimum absolute atomic E-state index is 0.0904. The van der Waals surface area contributed by atoms with Gasteiger partial charge >= 0.3 is 0 Å². The van der Waals surface area contributed by atoms with Gasteiger partial charge in [0.05, 0.1) is 28.7 Å². The Kier molecular flexibility index (Phi) is 26.9. The number of aromatic nitrogens is 6. The second-order valence-corrected chi connectivity index (χ2v) is 32.2. The van der Waals surface area contributed by atoms with E-state index in [9.17, 15) is 14.4 Å². The van der Waals surface area contributed by atoms with E-state index >= 15 is 0 Å². The first-order chi connectivity index (χ1) is 58.2. The maximum Gasteiger partial charge on any atom is 0.227 e. The summed E-state index contributed by atoms with van der Waals surface area (Å²) in [6.45, 7) is 19.5. The van der Waals surface area contributed by atoms with Crippen LogP contribution in [-0.4, -0.2) is 141 Å². The zero-order valence-corrected chi connectivity index (χ0v) is 68.9. The molecule has 598 valence electrons. The quantitative estimate of drug-likeness (QED) is 0.0349. The largest absolute Gasteiger partial charge is 0.369 e. The highest BCUT2D eigenvalue weighted by molar-refractivity contribution is 7.21. The summed E-state index contributed by atoms with van der Waals surface area (Å²) >= 11 is 5.50. The summed E-state index contributed by atoms with van der Waals surface area (Å²) in [7, 11) is 0. The summed E-state index contributed by atoms with van der Waals surface area (Å²) < 4.78 is 0. The lowest BCUT2D eigenvalue weighted by Gasteiger charge is -2.36. The van der Waals surface area contributed by atoms with Gasteiger partial charge in [0.1, 0.15) is 0 Å². The number of hydrogen-bond donors (Lipinski definition) is 6. The van der Waals surface area contributed by atoms with Crippen LogP contribution < -0.4 is 46.6 Å². The molecule has 14 aromatic rings. The van der Waals surface area contributed by atoms with Crippen molar-refractivity contribution in [3.05, 3.63) is 300 Å². The highest BCUT2D eigenvalue weighted by atomic mass is 32.1. The van der Waals surface area contributed by atoms with Gasteiger partial charge in [0.2, 0.25) is 35.6 Å². The van der Waals surface area contributed by atoms with Crippen LogP contribution in [0.5, 0.6) is 0 Å². The third-order valence-corrected chi connectivity index (χ3v) is 23.6. The minimum Gasteiger partial charge on any atom is -0.369 e. The SMILES string of the molecule is CC(=O)Nc1ccc(-c2ccnc(Nc3ccc(N4CCN(Cc5ccc(-c6cccs6)cc5)CC4)cc3)n2)cc1.CC(=O)Nc1ccc(-c2ccnc(Nc3ccc(N4CCN(Cc5ccc(-c6cccs6)s5)CC4)cc3)n2)cc1.CC(=O)Nc1ccc(-c2ccnc(Nc3ccc(N4CCN(Cc5ccc(C#N)cc5)CC4)cc3)n2)cc1. The lowest BCUT2D eigenvalue weighted by Crippen LogP contribution is -2.45. The van der Waals surface area contributed by atoms with Crippen molar-refractivity contribution in [3.8, 4) is 60.0 Å².